The number of amides is 1. The molecule has 132 valence electrons. The minimum atomic E-state index is -0.807. The van der Waals surface area contributed by atoms with Crippen LogP contribution in [-0.2, 0) is 16.1 Å². The summed E-state index contributed by atoms with van der Waals surface area (Å²) in [5.41, 5.74) is 0.781. The maximum absolute atomic E-state index is 12.1. The number of hydrogen-bond acceptors (Lipinski definition) is 6. The molecule has 25 heavy (non-hydrogen) atoms. The highest BCUT2D eigenvalue weighted by Crippen LogP contribution is 2.28. The molecule has 0 bridgehead atoms. The van der Waals surface area contributed by atoms with Crippen molar-refractivity contribution in [3.8, 4) is 0 Å². The molecule has 7 nitrogen and oxygen atoms in total. The Kier molecular flexibility index (Phi) is 5.94. The maximum atomic E-state index is 12.1. The van der Waals surface area contributed by atoms with Crippen molar-refractivity contribution in [1.29, 1.82) is 0 Å². The minimum absolute atomic E-state index is 0.0562. The van der Waals surface area contributed by atoms with Gasteiger partial charge in [-0.1, -0.05) is 30.3 Å². The van der Waals surface area contributed by atoms with E-state index in [1.807, 2.05) is 30.3 Å². The van der Waals surface area contributed by atoms with Gasteiger partial charge in [-0.05, 0) is 26.3 Å². The summed E-state index contributed by atoms with van der Waals surface area (Å²) in [6, 6.07) is 9.11. The summed E-state index contributed by atoms with van der Waals surface area (Å²) in [5, 5.41) is 2.36. The zero-order valence-corrected chi connectivity index (χ0v) is 14.3. The second-order valence-electron chi connectivity index (χ2n) is 5.20. The SMILES string of the molecule is CCOC(=O)c1c(NC(=O)OCc2ccccc2)oc(C)c1C(C)=O. The number of furan rings is 1. The predicted octanol–water partition coefficient (Wildman–Crippen LogP) is 3.72. The van der Waals surface area contributed by atoms with Crippen LogP contribution in [0.3, 0.4) is 0 Å². The van der Waals surface area contributed by atoms with E-state index in [0.29, 0.717) is 0 Å². The van der Waals surface area contributed by atoms with E-state index in [2.05, 4.69) is 5.32 Å². The molecule has 1 N–H and O–H groups in total. The van der Waals surface area contributed by atoms with Crippen molar-refractivity contribution in [1.82, 2.24) is 0 Å². The third-order valence-corrected chi connectivity index (χ3v) is 3.34. The Morgan fingerprint density at radius 1 is 1.08 bits per heavy atom. The third-order valence-electron chi connectivity index (χ3n) is 3.34. The molecule has 0 atom stereocenters. The Hall–Kier alpha value is -3.09. The fraction of sp³-hybridized carbons (Fsp3) is 0.278. The fourth-order valence-corrected chi connectivity index (χ4v) is 2.31. The topological polar surface area (TPSA) is 94.8 Å². The molecule has 1 aromatic carbocycles. The first-order valence-corrected chi connectivity index (χ1v) is 7.73. The fourth-order valence-electron chi connectivity index (χ4n) is 2.31. The number of carbonyl (C=O) groups is 3. The Morgan fingerprint density at radius 3 is 2.36 bits per heavy atom. The lowest BCUT2D eigenvalue weighted by Crippen LogP contribution is -2.17. The first-order chi connectivity index (χ1) is 11.9. The number of esters is 1. The van der Waals surface area contributed by atoms with E-state index in [-0.39, 0.29) is 41.8 Å². The van der Waals surface area contributed by atoms with E-state index in [1.54, 1.807) is 6.92 Å². The molecule has 0 aliphatic heterocycles. The number of anilines is 1. The van der Waals surface area contributed by atoms with Crippen LogP contribution < -0.4 is 5.32 Å². The lowest BCUT2D eigenvalue weighted by Gasteiger charge is -2.07. The summed E-state index contributed by atoms with van der Waals surface area (Å²) < 4.78 is 15.4. The van der Waals surface area contributed by atoms with Gasteiger partial charge in [-0.25, -0.2) is 9.59 Å². The van der Waals surface area contributed by atoms with Crippen LogP contribution in [0.25, 0.3) is 0 Å². The quantitative estimate of drug-likeness (QED) is 0.633. The number of ether oxygens (including phenoxy) is 2. The van der Waals surface area contributed by atoms with Crippen molar-refractivity contribution < 1.29 is 28.3 Å². The normalized spacial score (nSPS) is 10.2. The molecule has 1 heterocycles. The van der Waals surface area contributed by atoms with Gasteiger partial charge in [0, 0.05) is 0 Å². The van der Waals surface area contributed by atoms with Gasteiger partial charge < -0.3 is 13.9 Å². The van der Waals surface area contributed by atoms with Crippen LogP contribution in [0, 0.1) is 6.92 Å². The van der Waals surface area contributed by atoms with Crippen molar-refractivity contribution in [2.45, 2.75) is 27.4 Å². The van der Waals surface area contributed by atoms with Crippen molar-refractivity contribution >= 4 is 23.7 Å². The monoisotopic (exact) mass is 345 g/mol. The molecule has 7 heteroatoms. The summed E-state index contributed by atoms with van der Waals surface area (Å²) in [7, 11) is 0. The molecule has 0 saturated heterocycles. The zero-order chi connectivity index (χ0) is 18.4. The standard InChI is InChI=1S/C18H19NO6/c1-4-23-17(21)15-14(11(2)20)12(3)25-16(15)19-18(22)24-10-13-8-6-5-7-9-13/h5-9H,4,10H2,1-3H3,(H,19,22). The van der Waals surface area contributed by atoms with Gasteiger partial charge in [0.05, 0.1) is 12.2 Å². The smallest absolute Gasteiger partial charge is 0.414 e. The first-order valence-electron chi connectivity index (χ1n) is 7.73. The highest BCUT2D eigenvalue weighted by Gasteiger charge is 2.29. The molecular weight excluding hydrogens is 326 g/mol. The van der Waals surface area contributed by atoms with Gasteiger partial charge in [0.15, 0.2) is 5.78 Å². The number of ketones is 1. The number of aryl methyl sites for hydroxylation is 1. The van der Waals surface area contributed by atoms with Crippen molar-refractivity contribution in [3.05, 3.63) is 52.8 Å². The van der Waals surface area contributed by atoms with Crippen LogP contribution in [-0.4, -0.2) is 24.5 Å². The van der Waals surface area contributed by atoms with Crippen molar-refractivity contribution in [2.24, 2.45) is 0 Å². The number of hydrogen-bond donors (Lipinski definition) is 1. The van der Waals surface area contributed by atoms with E-state index in [0.717, 1.165) is 5.56 Å². The molecule has 2 rings (SSSR count). The summed E-state index contributed by atoms with van der Waals surface area (Å²) in [5.74, 6) is -1.06. The van der Waals surface area contributed by atoms with E-state index in [4.69, 9.17) is 13.9 Å². The molecule has 1 amide bonds. The molecule has 0 spiro atoms. The summed E-state index contributed by atoms with van der Waals surface area (Å²) in [6.45, 7) is 4.65. The number of rotatable bonds is 6. The van der Waals surface area contributed by atoms with Crippen LogP contribution >= 0.6 is 0 Å². The molecule has 0 radical (unpaired) electrons. The molecule has 0 saturated carbocycles. The van der Waals surface area contributed by atoms with Gasteiger partial charge in [-0.15, -0.1) is 0 Å². The average molecular weight is 345 g/mol. The lowest BCUT2D eigenvalue weighted by atomic mass is 10.1. The van der Waals surface area contributed by atoms with Gasteiger partial charge in [0.25, 0.3) is 0 Å². The number of Topliss-reactive ketones (excluding diaryl/α,β-unsaturated/α-hetero) is 1. The Labute approximate surface area is 144 Å². The Morgan fingerprint density at radius 2 is 1.76 bits per heavy atom. The second-order valence-corrected chi connectivity index (χ2v) is 5.20. The molecule has 2 aromatic rings. The summed E-state index contributed by atoms with van der Waals surface area (Å²) in [6.07, 6.45) is -0.807. The number of nitrogens with one attached hydrogen (secondary N) is 1. The molecule has 0 aliphatic rings. The van der Waals surface area contributed by atoms with Crippen molar-refractivity contribution in [2.75, 3.05) is 11.9 Å². The number of benzene rings is 1. The maximum Gasteiger partial charge on any atom is 0.414 e. The van der Waals surface area contributed by atoms with Crippen molar-refractivity contribution in [3.63, 3.8) is 0 Å². The van der Waals surface area contributed by atoms with E-state index < -0.39 is 12.1 Å². The van der Waals surface area contributed by atoms with Gasteiger partial charge in [0.2, 0.25) is 5.88 Å². The second kappa shape index (κ2) is 8.14. The van der Waals surface area contributed by atoms with Gasteiger partial charge in [0.1, 0.15) is 17.9 Å². The molecule has 0 unspecified atom stereocenters. The van der Waals surface area contributed by atoms with Gasteiger partial charge >= 0.3 is 12.1 Å². The highest BCUT2D eigenvalue weighted by molar-refractivity contribution is 6.10. The van der Waals surface area contributed by atoms with Gasteiger partial charge in [-0.3, -0.25) is 10.1 Å². The van der Waals surface area contributed by atoms with E-state index >= 15 is 0 Å². The molecule has 0 aliphatic carbocycles. The Balaban J connectivity index is 2.17. The van der Waals surface area contributed by atoms with Crippen LogP contribution in [0.15, 0.2) is 34.7 Å². The zero-order valence-electron chi connectivity index (χ0n) is 14.3. The first kappa shape index (κ1) is 18.3. The van der Waals surface area contributed by atoms with Crippen LogP contribution in [0.5, 0.6) is 0 Å². The summed E-state index contributed by atoms with van der Waals surface area (Å²) in [4.78, 5) is 35.9. The van der Waals surface area contributed by atoms with Crippen LogP contribution in [0.4, 0.5) is 10.7 Å². The van der Waals surface area contributed by atoms with E-state index in [9.17, 15) is 14.4 Å². The molecule has 1 aromatic heterocycles. The van der Waals surface area contributed by atoms with Crippen LogP contribution in [0.2, 0.25) is 0 Å². The third kappa shape index (κ3) is 4.47. The highest BCUT2D eigenvalue weighted by atomic mass is 16.6. The molecular formula is C18H19NO6. The summed E-state index contributed by atoms with van der Waals surface area (Å²) >= 11 is 0. The lowest BCUT2D eigenvalue weighted by molar-refractivity contribution is 0.0524. The predicted molar refractivity (Wildman–Crippen MR) is 89.7 cm³/mol. The minimum Gasteiger partial charge on any atom is -0.462 e. The number of carbonyl (C=O) groups excluding carboxylic acids is 3. The van der Waals surface area contributed by atoms with E-state index in [1.165, 1.54) is 13.8 Å². The van der Waals surface area contributed by atoms with Crippen LogP contribution in [0.1, 0.15) is 45.9 Å². The molecule has 0 fully saturated rings. The van der Waals surface area contributed by atoms with Gasteiger partial charge in [-0.2, -0.15) is 0 Å². The largest absolute Gasteiger partial charge is 0.462 e. The average Bonchev–Trinajstić information content (AvgIpc) is 2.90. The Bertz CT molecular complexity index is 778.